The van der Waals surface area contributed by atoms with Crippen molar-refractivity contribution in [2.24, 2.45) is 0 Å². The molecule has 1 saturated heterocycles. The molecular formula is C22H22ClN3O2. The van der Waals surface area contributed by atoms with Crippen molar-refractivity contribution in [3.8, 4) is 16.9 Å². The summed E-state index contributed by atoms with van der Waals surface area (Å²) in [6.45, 7) is 4.35. The molecule has 0 saturated carbocycles. The molecular weight excluding hydrogens is 374 g/mol. The second-order valence-electron chi connectivity index (χ2n) is 7.72. The fraction of sp³-hybridized carbons (Fsp3) is 0.364. The third kappa shape index (κ3) is 2.99. The van der Waals surface area contributed by atoms with Gasteiger partial charge in [0.05, 0.1) is 5.69 Å². The summed E-state index contributed by atoms with van der Waals surface area (Å²) < 4.78 is 6.24. The van der Waals surface area contributed by atoms with E-state index in [2.05, 4.69) is 29.4 Å². The second-order valence-corrected chi connectivity index (χ2v) is 8.15. The van der Waals surface area contributed by atoms with E-state index in [1.165, 1.54) is 0 Å². The van der Waals surface area contributed by atoms with Crippen molar-refractivity contribution in [2.75, 3.05) is 19.6 Å². The van der Waals surface area contributed by atoms with E-state index in [0.29, 0.717) is 24.0 Å². The first kappa shape index (κ1) is 17.7. The van der Waals surface area contributed by atoms with Crippen LogP contribution in [0.15, 0.2) is 30.5 Å². The molecule has 1 unspecified atom stereocenters. The van der Waals surface area contributed by atoms with Crippen molar-refractivity contribution in [3.05, 3.63) is 52.3 Å². The summed E-state index contributed by atoms with van der Waals surface area (Å²) in [5, 5.41) is 4.03. The van der Waals surface area contributed by atoms with Crippen molar-refractivity contribution in [1.82, 2.24) is 15.2 Å². The highest BCUT2D eigenvalue weighted by atomic mass is 35.5. The number of aromatic nitrogens is 1. The Morgan fingerprint density at radius 2 is 2.25 bits per heavy atom. The van der Waals surface area contributed by atoms with Gasteiger partial charge in [-0.05, 0) is 30.7 Å². The van der Waals surface area contributed by atoms with Gasteiger partial charge in [0.25, 0.3) is 5.91 Å². The van der Waals surface area contributed by atoms with Crippen molar-refractivity contribution < 1.29 is 9.53 Å². The lowest BCUT2D eigenvalue weighted by Crippen LogP contribution is -2.54. The summed E-state index contributed by atoms with van der Waals surface area (Å²) >= 11 is 6.43. The second kappa shape index (κ2) is 6.90. The van der Waals surface area contributed by atoms with Crippen LogP contribution in [-0.2, 0) is 17.6 Å². The van der Waals surface area contributed by atoms with Gasteiger partial charge in [0.15, 0.2) is 6.10 Å². The molecule has 1 aliphatic carbocycles. The van der Waals surface area contributed by atoms with Crippen LogP contribution >= 0.6 is 11.6 Å². The molecule has 1 amide bonds. The predicted molar refractivity (Wildman–Crippen MR) is 110 cm³/mol. The highest BCUT2D eigenvalue weighted by Gasteiger charge is 2.36. The van der Waals surface area contributed by atoms with E-state index in [1.54, 1.807) is 0 Å². The summed E-state index contributed by atoms with van der Waals surface area (Å²) in [7, 11) is 0. The summed E-state index contributed by atoms with van der Waals surface area (Å²) in [6, 6.07) is 6.15. The number of rotatable bonds is 2. The van der Waals surface area contributed by atoms with Crippen LogP contribution in [0.2, 0.25) is 5.02 Å². The lowest BCUT2D eigenvalue weighted by molar-refractivity contribution is -0.139. The van der Waals surface area contributed by atoms with Gasteiger partial charge in [-0.15, -0.1) is 0 Å². The minimum absolute atomic E-state index is 0.0616. The number of fused-ring (bicyclic) bond motifs is 2. The van der Waals surface area contributed by atoms with Crippen LogP contribution in [0.3, 0.4) is 0 Å². The molecule has 5 rings (SSSR count). The van der Waals surface area contributed by atoms with Crippen LogP contribution in [0.1, 0.15) is 23.7 Å². The summed E-state index contributed by atoms with van der Waals surface area (Å²) in [4.78, 5) is 19.4. The molecule has 1 N–H and O–H groups in total. The van der Waals surface area contributed by atoms with Gasteiger partial charge in [-0.25, -0.2) is 0 Å². The Labute approximate surface area is 169 Å². The zero-order chi connectivity index (χ0) is 19.3. The maximum atomic E-state index is 13.1. The van der Waals surface area contributed by atoms with Crippen LogP contribution in [0, 0.1) is 0 Å². The molecule has 3 aliphatic rings. The first-order valence-corrected chi connectivity index (χ1v) is 10.1. The first-order valence-electron chi connectivity index (χ1n) is 9.76. The third-order valence-electron chi connectivity index (χ3n) is 5.71. The number of piperazine rings is 1. The van der Waals surface area contributed by atoms with Crippen LogP contribution in [0.25, 0.3) is 17.2 Å². The number of carbonyl (C=O) groups is 1. The maximum Gasteiger partial charge on any atom is 0.264 e. The van der Waals surface area contributed by atoms with Crippen molar-refractivity contribution in [3.63, 3.8) is 0 Å². The number of hydrogen-bond acceptors (Lipinski definition) is 4. The number of halogens is 1. The summed E-state index contributed by atoms with van der Waals surface area (Å²) in [5.74, 6) is 0.839. The Morgan fingerprint density at radius 1 is 1.36 bits per heavy atom. The Kier molecular flexibility index (Phi) is 4.37. The minimum Gasteiger partial charge on any atom is -0.479 e. The quantitative estimate of drug-likeness (QED) is 0.849. The standard InChI is InChI=1S/C22H22ClN3O2/c1-13-12-26(8-7-24-13)22(27)20-10-14-9-15(23)11-18(21(14)28-20)16-5-6-25-19-4-2-3-17(16)19/h2-3,5-6,9,11,13,20,24H,4,7-8,10,12H2,1H3/t13-,20?/m0/s1. The largest absolute Gasteiger partial charge is 0.479 e. The number of nitrogens with zero attached hydrogens (tertiary/aromatic N) is 2. The highest BCUT2D eigenvalue weighted by molar-refractivity contribution is 6.31. The van der Waals surface area contributed by atoms with Crippen molar-refractivity contribution in [1.29, 1.82) is 0 Å². The van der Waals surface area contributed by atoms with Crippen LogP contribution < -0.4 is 10.1 Å². The Hall–Kier alpha value is -2.37. The maximum absolute atomic E-state index is 13.1. The van der Waals surface area contributed by atoms with Gasteiger partial charge in [0, 0.05) is 66.4 Å². The molecule has 2 aliphatic heterocycles. The van der Waals surface area contributed by atoms with Gasteiger partial charge in [-0.2, -0.15) is 0 Å². The normalized spacial score (nSPS) is 22.7. The molecule has 1 fully saturated rings. The molecule has 28 heavy (non-hydrogen) atoms. The fourth-order valence-electron chi connectivity index (χ4n) is 4.39. The number of pyridine rings is 1. The zero-order valence-corrected chi connectivity index (χ0v) is 16.5. The van der Waals surface area contributed by atoms with E-state index in [1.807, 2.05) is 29.3 Å². The Balaban J connectivity index is 1.49. The molecule has 6 heteroatoms. The third-order valence-corrected chi connectivity index (χ3v) is 5.93. The topological polar surface area (TPSA) is 54.5 Å². The molecule has 2 aromatic rings. The van der Waals surface area contributed by atoms with E-state index in [0.717, 1.165) is 53.2 Å². The Bertz CT molecular complexity index is 988. The Morgan fingerprint density at radius 3 is 3.11 bits per heavy atom. The average Bonchev–Trinajstić information content (AvgIpc) is 3.33. The average molecular weight is 396 g/mol. The van der Waals surface area contributed by atoms with E-state index in [4.69, 9.17) is 16.3 Å². The molecule has 2 atom stereocenters. The number of hydrogen-bond donors (Lipinski definition) is 1. The van der Waals surface area contributed by atoms with Gasteiger partial charge in [-0.1, -0.05) is 23.8 Å². The van der Waals surface area contributed by atoms with E-state index >= 15 is 0 Å². The lowest BCUT2D eigenvalue weighted by atomic mass is 9.97. The fourth-order valence-corrected chi connectivity index (χ4v) is 4.63. The van der Waals surface area contributed by atoms with Gasteiger partial charge in [0.1, 0.15) is 5.75 Å². The zero-order valence-electron chi connectivity index (χ0n) is 15.7. The van der Waals surface area contributed by atoms with Gasteiger partial charge < -0.3 is 15.0 Å². The number of ether oxygens (including phenoxy) is 1. The molecule has 0 bridgehead atoms. The molecule has 1 aromatic carbocycles. The number of allylic oxidation sites excluding steroid dienone is 1. The predicted octanol–water partition coefficient (Wildman–Crippen LogP) is 3.10. The minimum atomic E-state index is -0.483. The van der Waals surface area contributed by atoms with Gasteiger partial charge in [-0.3, -0.25) is 9.78 Å². The van der Waals surface area contributed by atoms with E-state index in [-0.39, 0.29) is 5.91 Å². The molecule has 5 nitrogen and oxygen atoms in total. The van der Waals surface area contributed by atoms with Crippen LogP contribution in [-0.4, -0.2) is 47.6 Å². The van der Waals surface area contributed by atoms with E-state index in [9.17, 15) is 4.79 Å². The molecule has 3 heterocycles. The first-order chi connectivity index (χ1) is 13.6. The summed E-state index contributed by atoms with van der Waals surface area (Å²) in [5.41, 5.74) is 5.17. The van der Waals surface area contributed by atoms with Crippen molar-refractivity contribution >= 4 is 23.6 Å². The summed E-state index contributed by atoms with van der Waals surface area (Å²) in [6.07, 6.45) is 6.96. The van der Waals surface area contributed by atoms with Crippen LogP contribution in [0.5, 0.6) is 5.75 Å². The highest BCUT2D eigenvalue weighted by Crippen LogP contribution is 2.43. The van der Waals surface area contributed by atoms with Gasteiger partial charge in [0.2, 0.25) is 0 Å². The molecule has 0 spiro atoms. The molecule has 1 aromatic heterocycles. The smallest absolute Gasteiger partial charge is 0.264 e. The SMILES string of the molecule is C[C@H]1CN(C(=O)C2Cc3cc(Cl)cc(-c4ccnc5c4C=CC5)c3O2)CCN1. The molecule has 0 radical (unpaired) electrons. The monoisotopic (exact) mass is 395 g/mol. The number of carbonyl (C=O) groups excluding carboxylic acids is 1. The number of nitrogens with one attached hydrogen (secondary N) is 1. The van der Waals surface area contributed by atoms with E-state index < -0.39 is 6.10 Å². The van der Waals surface area contributed by atoms with Gasteiger partial charge >= 0.3 is 0 Å². The lowest BCUT2D eigenvalue weighted by Gasteiger charge is -2.33. The van der Waals surface area contributed by atoms with Crippen LogP contribution in [0.4, 0.5) is 0 Å². The molecule has 144 valence electrons. The van der Waals surface area contributed by atoms with Crippen molar-refractivity contribution in [2.45, 2.75) is 31.9 Å². The number of amides is 1. The number of benzene rings is 1.